The van der Waals surface area contributed by atoms with Crippen molar-refractivity contribution < 1.29 is 4.79 Å². The first-order valence-corrected chi connectivity index (χ1v) is 7.86. The maximum atomic E-state index is 12.2. The largest absolute Gasteiger partial charge is 0.371 e. The highest BCUT2D eigenvalue weighted by atomic mass is 16.1. The SMILES string of the molecule is O=C(NCCc1ccccc1)c1cc(N2CCCC2)ccn1. The number of anilines is 1. The zero-order valence-corrected chi connectivity index (χ0v) is 12.7. The lowest BCUT2D eigenvalue weighted by molar-refractivity contribution is 0.0949. The first-order chi connectivity index (χ1) is 10.8. The molecular formula is C18H21N3O. The molecule has 1 aliphatic heterocycles. The second kappa shape index (κ2) is 7.07. The van der Waals surface area contributed by atoms with E-state index in [1.54, 1.807) is 6.20 Å². The van der Waals surface area contributed by atoms with Crippen LogP contribution in [0, 0.1) is 0 Å². The summed E-state index contributed by atoms with van der Waals surface area (Å²) in [5, 5.41) is 2.95. The number of benzene rings is 1. The molecule has 4 nitrogen and oxygen atoms in total. The molecular weight excluding hydrogens is 274 g/mol. The van der Waals surface area contributed by atoms with Gasteiger partial charge in [-0.3, -0.25) is 9.78 Å². The van der Waals surface area contributed by atoms with E-state index in [-0.39, 0.29) is 5.91 Å². The summed E-state index contributed by atoms with van der Waals surface area (Å²) in [6, 6.07) is 14.0. The van der Waals surface area contributed by atoms with Crippen LogP contribution in [0.2, 0.25) is 0 Å². The van der Waals surface area contributed by atoms with Crippen molar-refractivity contribution in [3.8, 4) is 0 Å². The number of carbonyl (C=O) groups excluding carboxylic acids is 1. The normalized spacial score (nSPS) is 14.1. The number of hydrogen-bond donors (Lipinski definition) is 1. The maximum Gasteiger partial charge on any atom is 0.269 e. The van der Waals surface area contributed by atoms with Crippen molar-refractivity contribution in [3.63, 3.8) is 0 Å². The van der Waals surface area contributed by atoms with Crippen LogP contribution in [0.25, 0.3) is 0 Å². The Bertz CT molecular complexity index is 621. The molecule has 0 saturated carbocycles. The number of amides is 1. The number of aromatic nitrogens is 1. The molecule has 0 bridgehead atoms. The van der Waals surface area contributed by atoms with Gasteiger partial charge in [0.2, 0.25) is 0 Å². The zero-order chi connectivity index (χ0) is 15.2. The molecule has 114 valence electrons. The average molecular weight is 295 g/mol. The third-order valence-electron chi connectivity index (χ3n) is 3.99. The molecule has 1 fully saturated rings. The molecule has 0 spiro atoms. The predicted molar refractivity (Wildman–Crippen MR) is 88.2 cm³/mol. The maximum absolute atomic E-state index is 12.2. The van der Waals surface area contributed by atoms with Crippen LogP contribution in [0.1, 0.15) is 28.9 Å². The minimum Gasteiger partial charge on any atom is -0.371 e. The summed E-state index contributed by atoms with van der Waals surface area (Å²) in [4.78, 5) is 18.7. The lowest BCUT2D eigenvalue weighted by atomic mass is 10.1. The third kappa shape index (κ3) is 3.64. The molecule has 2 aromatic rings. The molecule has 1 saturated heterocycles. The third-order valence-corrected chi connectivity index (χ3v) is 3.99. The van der Waals surface area contributed by atoms with E-state index in [2.05, 4.69) is 27.3 Å². The first-order valence-electron chi connectivity index (χ1n) is 7.86. The fraction of sp³-hybridized carbons (Fsp3) is 0.333. The molecule has 0 unspecified atom stereocenters. The van der Waals surface area contributed by atoms with Gasteiger partial charge in [-0.05, 0) is 37.0 Å². The minimum atomic E-state index is -0.100. The van der Waals surface area contributed by atoms with E-state index in [0.29, 0.717) is 12.2 Å². The van der Waals surface area contributed by atoms with Crippen LogP contribution in [0.4, 0.5) is 5.69 Å². The number of nitrogens with zero attached hydrogens (tertiary/aromatic N) is 2. The van der Waals surface area contributed by atoms with Gasteiger partial charge in [-0.2, -0.15) is 0 Å². The molecule has 1 aromatic carbocycles. The van der Waals surface area contributed by atoms with E-state index in [1.165, 1.54) is 18.4 Å². The number of carbonyl (C=O) groups is 1. The fourth-order valence-electron chi connectivity index (χ4n) is 2.77. The quantitative estimate of drug-likeness (QED) is 0.922. The molecule has 1 aliphatic rings. The van der Waals surface area contributed by atoms with Crippen LogP contribution >= 0.6 is 0 Å². The Morgan fingerprint density at radius 3 is 2.68 bits per heavy atom. The van der Waals surface area contributed by atoms with E-state index in [9.17, 15) is 4.79 Å². The van der Waals surface area contributed by atoms with E-state index in [1.807, 2.05) is 30.3 Å². The van der Waals surface area contributed by atoms with Crippen LogP contribution in [-0.4, -0.2) is 30.5 Å². The Labute approximate surface area is 131 Å². The standard InChI is InChI=1S/C18H21N3O/c22-18(20-10-8-15-6-2-1-3-7-15)17-14-16(9-11-19-17)21-12-4-5-13-21/h1-3,6-7,9,11,14H,4-5,8,10,12-13H2,(H,20,22). The number of pyridine rings is 1. The summed E-state index contributed by atoms with van der Waals surface area (Å²) in [6.07, 6.45) is 5.00. The van der Waals surface area contributed by atoms with E-state index in [4.69, 9.17) is 0 Å². The fourth-order valence-corrected chi connectivity index (χ4v) is 2.77. The molecule has 1 aromatic heterocycles. The van der Waals surface area contributed by atoms with Crippen molar-refractivity contribution in [2.24, 2.45) is 0 Å². The molecule has 1 N–H and O–H groups in total. The highest BCUT2D eigenvalue weighted by molar-refractivity contribution is 5.93. The van der Waals surface area contributed by atoms with Crippen LogP contribution < -0.4 is 10.2 Å². The van der Waals surface area contributed by atoms with Gasteiger partial charge in [-0.25, -0.2) is 0 Å². The van der Waals surface area contributed by atoms with Crippen LogP contribution in [0.15, 0.2) is 48.7 Å². The predicted octanol–water partition coefficient (Wildman–Crippen LogP) is 2.65. The van der Waals surface area contributed by atoms with Gasteiger partial charge in [-0.1, -0.05) is 30.3 Å². The van der Waals surface area contributed by atoms with Gasteiger partial charge < -0.3 is 10.2 Å². The highest BCUT2D eigenvalue weighted by Crippen LogP contribution is 2.19. The summed E-state index contributed by atoms with van der Waals surface area (Å²) in [5.41, 5.74) is 2.82. The molecule has 2 heterocycles. The highest BCUT2D eigenvalue weighted by Gasteiger charge is 2.14. The Balaban J connectivity index is 1.56. The molecule has 0 radical (unpaired) electrons. The summed E-state index contributed by atoms with van der Waals surface area (Å²) >= 11 is 0. The van der Waals surface area contributed by atoms with Crippen molar-refractivity contribution in [1.29, 1.82) is 0 Å². The van der Waals surface area contributed by atoms with Crippen molar-refractivity contribution in [1.82, 2.24) is 10.3 Å². The summed E-state index contributed by atoms with van der Waals surface area (Å²) in [6.45, 7) is 2.76. The van der Waals surface area contributed by atoms with Crippen LogP contribution in [0.5, 0.6) is 0 Å². The Hall–Kier alpha value is -2.36. The Morgan fingerprint density at radius 2 is 1.91 bits per heavy atom. The smallest absolute Gasteiger partial charge is 0.269 e. The molecule has 0 atom stereocenters. The molecule has 0 aliphatic carbocycles. The first kappa shape index (κ1) is 14.6. The van der Waals surface area contributed by atoms with Gasteiger partial charge in [-0.15, -0.1) is 0 Å². The van der Waals surface area contributed by atoms with Gasteiger partial charge in [0, 0.05) is 31.5 Å². The number of nitrogens with one attached hydrogen (secondary N) is 1. The van der Waals surface area contributed by atoms with Crippen LogP contribution in [-0.2, 0) is 6.42 Å². The van der Waals surface area contributed by atoms with Crippen molar-refractivity contribution in [2.45, 2.75) is 19.3 Å². The Morgan fingerprint density at radius 1 is 1.14 bits per heavy atom. The van der Waals surface area contributed by atoms with E-state index in [0.717, 1.165) is 25.2 Å². The number of rotatable bonds is 5. The van der Waals surface area contributed by atoms with Gasteiger partial charge in [0.1, 0.15) is 5.69 Å². The lowest BCUT2D eigenvalue weighted by Crippen LogP contribution is -2.27. The topological polar surface area (TPSA) is 45.2 Å². The number of hydrogen-bond acceptors (Lipinski definition) is 3. The van der Waals surface area contributed by atoms with E-state index < -0.39 is 0 Å². The van der Waals surface area contributed by atoms with Gasteiger partial charge in [0.25, 0.3) is 5.91 Å². The van der Waals surface area contributed by atoms with Crippen LogP contribution in [0.3, 0.4) is 0 Å². The minimum absolute atomic E-state index is 0.100. The molecule has 4 heteroatoms. The second-order valence-corrected chi connectivity index (χ2v) is 5.58. The zero-order valence-electron chi connectivity index (χ0n) is 12.7. The summed E-state index contributed by atoms with van der Waals surface area (Å²) < 4.78 is 0. The summed E-state index contributed by atoms with van der Waals surface area (Å²) in [7, 11) is 0. The lowest BCUT2D eigenvalue weighted by Gasteiger charge is -2.17. The average Bonchev–Trinajstić information content (AvgIpc) is 3.10. The van der Waals surface area contributed by atoms with Gasteiger partial charge >= 0.3 is 0 Å². The molecule has 1 amide bonds. The van der Waals surface area contributed by atoms with Crippen molar-refractivity contribution >= 4 is 11.6 Å². The van der Waals surface area contributed by atoms with E-state index >= 15 is 0 Å². The monoisotopic (exact) mass is 295 g/mol. The second-order valence-electron chi connectivity index (χ2n) is 5.58. The van der Waals surface area contributed by atoms with Crippen molar-refractivity contribution in [3.05, 3.63) is 59.9 Å². The van der Waals surface area contributed by atoms with Gasteiger partial charge in [0.15, 0.2) is 0 Å². The van der Waals surface area contributed by atoms with Crippen molar-refractivity contribution in [2.75, 3.05) is 24.5 Å². The molecule has 3 rings (SSSR count). The molecule has 22 heavy (non-hydrogen) atoms. The van der Waals surface area contributed by atoms with Gasteiger partial charge in [0.05, 0.1) is 0 Å². The summed E-state index contributed by atoms with van der Waals surface area (Å²) in [5.74, 6) is -0.100. The Kier molecular flexibility index (Phi) is 4.68.